The van der Waals surface area contributed by atoms with Crippen molar-refractivity contribution in [3.63, 3.8) is 0 Å². The number of hydrogen-bond donors (Lipinski definition) is 3. The van der Waals surface area contributed by atoms with Gasteiger partial charge in [0.05, 0.1) is 10.5 Å². The second-order valence-electron chi connectivity index (χ2n) is 5.83. The maximum Gasteiger partial charge on any atom is 0.335 e. The zero-order valence-electron chi connectivity index (χ0n) is 14.4. The van der Waals surface area contributed by atoms with Crippen molar-refractivity contribution in [2.24, 2.45) is 0 Å². The Morgan fingerprint density at radius 2 is 1.85 bits per heavy atom. The minimum Gasteiger partial charge on any atom is -0.480 e. The summed E-state index contributed by atoms with van der Waals surface area (Å²) >= 11 is 1.38. The van der Waals surface area contributed by atoms with Crippen molar-refractivity contribution in [2.75, 3.05) is 11.1 Å². The van der Waals surface area contributed by atoms with Gasteiger partial charge >= 0.3 is 11.9 Å². The molecule has 2 rings (SSSR count). The molecular formula is C18H18N2O6S. The molecule has 9 heteroatoms. The van der Waals surface area contributed by atoms with Crippen LogP contribution in [0, 0.1) is 17.0 Å². The highest BCUT2D eigenvalue weighted by molar-refractivity contribution is 7.98. The Morgan fingerprint density at radius 3 is 2.41 bits per heavy atom. The molecule has 0 saturated carbocycles. The molecule has 0 amide bonds. The Morgan fingerprint density at radius 1 is 1.19 bits per heavy atom. The first-order chi connectivity index (χ1) is 12.8. The normalized spacial score (nSPS) is 11.6. The Hall–Kier alpha value is -3.07. The zero-order valence-corrected chi connectivity index (χ0v) is 15.2. The van der Waals surface area contributed by atoms with Crippen LogP contribution in [0.2, 0.25) is 0 Å². The van der Waals surface area contributed by atoms with Gasteiger partial charge in [-0.15, -0.1) is 0 Å². The average Bonchev–Trinajstić information content (AvgIpc) is 2.62. The summed E-state index contributed by atoms with van der Waals surface area (Å²) < 4.78 is 0. The molecule has 2 aromatic carbocycles. The third kappa shape index (κ3) is 5.71. The Labute approximate surface area is 159 Å². The first-order valence-corrected chi connectivity index (χ1v) is 9.07. The summed E-state index contributed by atoms with van der Waals surface area (Å²) in [6, 6.07) is 10.1. The number of nitro benzene ring substituents is 1. The smallest absolute Gasteiger partial charge is 0.335 e. The van der Waals surface area contributed by atoms with Crippen LogP contribution >= 0.6 is 11.8 Å². The van der Waals surface area contributed by atoms with E-state index in [1.165, 1.54) is 23.9 Å². The van der Waals surface area contributed by atoms with E-state index in [9.17, 15) is 24.8 Å². The predicted molar refractivity (Wildman–Crippen MR) is 102 cm³/mol. The maximum absolute atomic E-state index is 11.5. The lowest BCUT2D eigenvalue weighted by molar-refractivity contribution is -0.384. The van der Waals surface area contributed by atoms with Crippen molar-refractivity contribution in [1.82, 2.24) is 0 Å². The monoisotopic (exact) mass is 390 g/mol. The largest absolute Gasteiger partial charge is 0.480 e. The van der Waals surface area contributed by atoms with Gasteiger partial charge in [-0.1, -0.05) is 29.8 Å². The van der Waals surface area contributed by atoms with Gasteiger partial charge in [-0.2, -0.15) is 11.8 Å². The van der Waals surface area contributed by atoms with Gasteiger partial charge in [0, 0.05) is 17.6 Å². The van der Waals surface area contributed by atoms with E-state index >= 15 is 0 Å². The lowest BCUT2D eigenvalue weighted by atomic mass is 10.1. The fraction of sp³-hybridized carbons (Fsp3) is 0.222. The maximum atomic E-state index is 11.5. The van der Waals surface area contributed by atoms with E-state index in [1.54, 1.807) is 0 Å². The number of carbonyl (C=O) groups is 2. The molecule has 0 saturated heterocycles. The SMILES string of the molecule is Cc1ccc(CSC[C@@H](Nc2ccc(C(=O)O)cc2[N+](=O)[O-])C(=O)O)cc1. The fourth-order valence-electron chi connectivity index (χ4n) is 2.28. The molecule has 3 N–H and O–H groups in total. The van der Waals surface area contributed by atoms with Gasteiger partial charge in [-0.25, -0.2) is 9.59 Å². The van der Waals surface area contributed by atoms with E-state index in [-0.39, 0.29) is 17.0 Å². The van der Waals surface area contributed by atoms with Crippen LogP contribution in [0.3, 0.4) is 0 Å². The molecule has 8 nitrogen and oxygen atoms in total. The highest BCUT2D eigenvalue weighted by atomic mass is 32.2. The predicted octanol–water partition coefficient (Wildman–Crippen LogP) is 3.40. The number of hydrogen-bond acceptors (Lipinski definition) is 6. The van der Waals surface area contributed by atoms with Crippen LogP contribution < -0.4 is 5.32 Å². The minimum atomic E-state index is -1.30. The summed E-state index contributed by atoms with van der Waals surface area (Å²) in [6.07, 6.45) is 0. The van der Waals surface area contributed by atoms with Crippen LogP contribution in [-0.2, 0) is 10.5 Å². The summed E-state index contributed by atoms with van der Waals surface area (Å²) in [5.41, 5.74) is 1.42. The molecule has 1 atom stereocenters. The first-order valence-electron chi connectivity index (χ1n) is 7.92. The minimum absolute atomic E-state index is 0.0339. The molecular weight excluding hydrogens is 372 g/mol. The van der Waals surface area contributed by atoms with Crippen molar-refractivity contribution in [1.29, 1.82) is 0 Å². The van der Waals surface area contributed by atoms with Crippen LogP contribution in [0.25, 0.3) is 0 Å². The number of rotatable bonds is 9. The van der Waals surface area contributed by atoms with Gasteiger partial charge in [-0.05, 0) is 24.6 Å². The van der Waals surface area contributed by atoms with Gasteiger partial charge in [0.1, 0.15) is 11.7 Å². The first kappa shape index (κ1) is 20.2. The summed E-state index contributed by atoms with van der Waals surface area (Å²) in [6.45, 7) is 1.98. The lowest BCUT2D eigenvalue weighted by Gasteiger charge is -2.16. The van der Waals surface area contributed by atoms with E-state index in [1.807, 2.05) is 31.2 Å². The molecule has 0 aliphatic carbocycles. The summed E-state index contributed by atoms with van der Waals surface area (Å²) in [7, 11) is 0. The Bertz CT molecular complexity index is 853. The third-order valence-electron chi connectivity index (χ3n) is 3.74. The van der Waals surface area contributed by atoms with Crippen molar-refractivity contribution < 1.29 is 24.7 Å². The van der Waals surface area contributed by atoms with Crippen LogP contribution in [-0.4, -0.2) is 38.9 Å². The van der Waals surface area contributed by atoms with Crippen LogP contribution in [0.4, 0.5) is 11.4 Å². The molecule has 2 aromatic rings. The van der Waals surface area contributed by atoms with Crippen LogP contribution in [0.15, 0.2) is 42.5 Å². The quantitative estimate of drug-likeness (QED) is 0.439. The summed E-state index contributed by atoms with van der Waals surface area (Å²) in [5, 5.41) is 32.2. The topological polar surface area (TPSA) is 130 Å². The molecule has 0 fully saturated rings. The molecule has 0 radical (unpaired) electrons. The molecule has 0 aliphatic heterocycles. The molecule has 0 spiro atoms. The Kier molecular flexibility index (Phi) is 6.78. The number of benzene rings is 2. The molecule has 142 valence electrons. The van der Waals surface area contributed by atoms with Crippen molar-refractivity contribution in [3.05, 3.63) is 69.3 Å². The van der Waals surface area contributed by atoms with Gasteiger partial charge < -0.3 is 15.5 Å². The molecule has 27 heavy (non-hydrogen) atoms. The number of nitrogens with zero attached hydrogens (tertiary/aromatic N) is 1. The second-order valence-corrected chi connectivity index (χ2v) is 6.86. The number of carboxylic acid groups (broad SMARTS) is 2. The van der Waals surface area contributed by atoms with E-state index in [0.717, 1.165) is 17.2 Å². The highest BCUT2D eigenvalue weighted by Crippen LogP contribution is 2.27. The van der Waals surface area contributed by atoms with Crippen molar-refractivity contribution in [3.8, 4) is 0 Å². The van der Waals surface area contributed by atoms with Crippen LogP contribution in [0.1, 0.15) is 21.5 Å². The van der Waals surface area contributed by atoms with Crippen LogP contribution in [0.5, 0.6) is 0 Å². The van der Waals surface area contributed by atoms with E-state index in [0.29, 0.717) is 5.75 Å². The average molecular weight is 390 g/mol. The number of nitro groups is 1. The molecule has 0 heterocycles. The molecule has 0 aliphatic rings. The second kappa shape index (κ2) is 9.04. The highest BCUT2D eigenvalue weighted by Gasteiger charge is 2.23. The standard InChI is InChI=1S/C18H18N2O6S/c1-11-2-4-12(5-3-11)9-27-10-15(18(23)24)19-14-7-6-13(17(21)22)8-16(14)20(25)26/h2-8,15,19H,9-10H2,1H3,(H,21,22)(H,23,24)/t15-/m1/s1. The number of aryl methyl sites for hydroxylation is 1. The molecule has 0 bridgehead atoms. The zero-order chi connectivity index (χ0) is 20.0. The van der Waals surface area contributed by atoms with Gasteiger partial charge in [0.25, 0.3) is 5.69 Å². The van der Waals surface area contributed by atoms with Crippen molar-refractivity contribution >= 4 is 35.1 Å². The van der Waals surface area contributed by atoms with Crippen molar-refractivity contribution in [2.45, 2.75) is 18.7 Å². The number of nitrogens with one attached hydrogen (secondary N) is 1. The van der Waals surface area contributed by atoms with E-state index in [2.05, 4.69) is 5.32 Å². The fourth-order valence-corrected chi connectivity index (χ4v) is 3.29. The number of carboxylic acids is 2. The molecule has 0 unspecified atom stereocenters. The van der Waals surface area contributed by atoms with E-state index < -0.39 is 28.6 Å². The number of aliphatic carboxylic acids is 1. The summed E-state index contributed by atoms with van der Waals surface area (Å²) in [4.78, 5) is 32.9. The Balaban J connectivity index is 2.09. The van der Waals surface area contributed by atoms with Gasteiger partial charge in [-0.3, -0.25) is 10.1 Å². The number of aromatic carboxylic acids is 1. The number of anilines is 1. The lowest BCUT2D eigenvalue weighted by Crippen LogP contribution is -2.32. The third-order valence-corrected chi connectivity index (χ3v) is 4.85. The number of thioether (sulfide) groups is 1. The summed E-state index contributed by atoms with van der Waals surface area (Å²) in [5.74, 6) is -1.66. The van der Waals surface area contributed by atoms with Gasteiger partial charge in [0.15, 0.2) is 0 Å². The van der Waals surface area contributed by atoms with Gasteiger partial charge in [0.2, 0.25) is 0 Å². The van der Waals surface area contributed by atoms with E-state index in [4.69, 9.17) is 5.11 Å². The molecule has 0 aromatic heterocycles.